The minimum absolute atomic E-state index is 0.438. The van der Waals surface area contributed by atoms with Gasteiger partial charge in [0.25, 0.3) is 0 Å². The highest BCUT2D eigenvalue weighted by atomic mass is 32.1. The van der Waals surface area contributed by atoms with Crippen molar-refractivity contribution >= 4 is 34.4 Å². The summed E-state index contributed by atoms with van der Waals surface area (Å²) in [4.78, 5) is 2.06. The Hall–Kier alpha value is -2.60. The van der Waals surface area contributed by atoms with Crippen molar-refractivity contribution in [2.75, 3.05) is 30.9 Å². The minimum atomic E-state index is 0.438. The molecular formula is C19H24N4OS. The number of ether oxygens (including phenoxy) is 1. The third-order valence-electron chi connectivity index (χ3n) is 3.55. The highest BCUT2D eigenvalue weighted by Crippen LogP contribution is 2.15. The summed E-state index contributed by atoms with van der Waals surface area (Å²) in [6, 6.07) is 15.8. The van der Waals surface area contributed by atoms with Crippen LogP contribution in [0.1, 0.15) is 19.4 Å². The number of hydrogen-bond acceptors (Lipinski definition) is 4. The van der Waals surface area contributed by atoms with Crippen molar-refractivity contribution in [3.63, 3.8) is 0 Å². The molecule has 0 bridgehead atoms. The van der Waals surface area contributed by atoms with Gasteiger partial charge in [0.15, 0.2) is 5.11 Å². The van der Waals surface area contributed by atoms with E-state index in [1.54, 1.807) is 0 Å². The van der Waals surface area contributed by atoms with Crippen molar-refractivity contribution in [3.8, 4) is 5.75 Å². The first-order valence-electron chi connectivity index (χ1n) is 8.11. The molecule has 0 aliphatic rings. The number of benzene rings is 2. The van der Waals surface area contributed by atoms with Crippen LogP contribution in [0.5, 0.6) is 5.75 Å². The Morgan fingerprint density at radius 1 is 1.08 bits per heavy atom. The maximum Gasteiger partial charge on any atom is 0.191 e. The predicted octanol–water partition coefficient (Wildman–Crippen LogP) is 3.86. The molecule has 0 aliphatic carbocycles. The zero-order chi connectivity index (χ0) is 18.2. The molecule has 0 aliphatic heterocycles. The van der Waals surface area contributed by atoms with E-state index < -0.39 is 0 Å². The number of nitrogens with zero attached hydrogens (tertiary/aromatic N) is 2. The second-order valence-corrected chi connectivity index (χ2v) is 6.07. The van der Waals surface area contributed by atoms with E-state index in [0.717, 1.165) is 28.4 Å². The fraction of sp³-hybridized carbons (Fsp3) is 0.263. The van der Waals surface area contributed by atoms with Crippen molar-refractivity contribution in [2.45, 2.75) is 13.8 Å². The van der Waals surface area contributed by atoms with Crippen LogP contribution in [0.4, 0.5) is 11.4 Å². The molecule has 0 saturated carbocycles. The molecular weight excluding hydrogens is 332 g/mol. The number of nitrogens with one attached hydrogen (secondary N) is 2. The molecule has 0 amide bonds. The summed E-state index contributed by atoms with van der Waals surface area (Å²) < 4.78 is 5.42. The maximum absolute atomic E-state index is 5.42. The fourth-order valence-electron chi connectivity index (χ4n) is 2.16. The molecule has 0 aromatic heterocycles. The number of hydrogen-bond donors (Lipinski definition) is 2. The number of anilines is 2. The van der Waals surface area contributed by atoms with E-state index >= 15 is 0 Å². The Bertz CT molecular complexity index is 724. The summed E-state index contributed by atoms with van der Waals surface area (Å²) in [5.74, 6) is 0.835. The molecule has 0 spiro atoms. The van der Waals surface area contributed by atoms with Crippen molar-refractivity contribution < 1.29 is 4.74 Å². The third kappa shape index (κ3) is 5.76. The molecule has 0 atom stereocenters. The zero-order valence-electron chi connectivity index (χ0n) is 15.0. The average Bonchev–Trinajstić information content (AvgIpc) is 2.61. The van der Waals surface area contributed by atoms with Crippen LogP contribution in [0.25, 0.3) is 0 Å². The minimum Gasteiger partial charge on any atom is -0.494 e. The Labute approximate surface area is 154 Å². The number of hydrazone groups is 1. The van der Waals surface area contributed by atoms with Crippen LogP contribution in [-0.4, -0.2) is 31.5 Å². The van der Waals surface area contributed by atoms with Gasteiger partial charge in [0.1, 0.15) is 5.75 Å². The maximum atomic E-state index is 5.42. The van der Waals surface area contributed by atoms with Gasteiger partial charge in [-0.3, -0.25) is 5.43 Å². The Morgan fingerprint density at radius 2 is 1.72 bits per heavy atom. The molecule has 132 valence electrons. The molecule has 0 radical (unpaired) electrons. The molecule has 2 N–H and O–H groups in total. The molecule has 0 heterocycles. The lowest BCUT2D eigenvalue weighted by molar-refractivity contribution is 0.340. The van der Waals surface area contributed by atoms with E-state index in [1.807, 2.05) is 64.3 Å². The SMILES string of the molecule is CCOc1ccc(NC(=S)N/N=C(/C)c2ccc(N(C)C)cc2)cc1. The van der Waals surface area contributed by atoms with Crippen LogP contribution >= 0.6 is 12.2 Å². The van der Waals surface area contributed by atoms with Gasteiger partial charge in [-0.25, -0.2) is 0 Å². The molecule has 2 aromatic carbocycles. The molecule has 0 fully saturated rings. The normalized spacial score (nSPS) is 11.0. The van der Waals surface area contributed by atoms with Crippen LogP contribution in [0.15, 0.2) is 53.6 Å². The van der Waals surface area contributed by atoms with Gasteiger partial charge in [0.05, 0.1) is 12.3 Å². The van der Waals surface area contributed by atoms with Gasteiger partial charge in [0, 0.05) is 25.5 Å². The van der Waals surface area contributed by atoms with Crippen molar-refractivity contribution in [1.82, 2.24) is 5.43 Å². The van der Waals surface area contributed by atoms with Gasteiger partial charge >= 0.3 is 0 Å². The smallest absolute Gasteiger partial charge is 0.191 e. The van der Waals surface area contributed by atoms with Gasteiger partial charge in [0.2, 0.25) is 0 Å². The van der Waals surface area contributed by atoms with E-state index in [1.165, 1.54) is 0 Å². The topological polar surface area (TPSA) is 48.9 Å². The first kappa shape index (κ1) is 18.7. The Kier molecular flexibility index (Phi) is 6.77. The van der Waals surface area contributed by atoms with Gasteiger partial charge in [-0.05, 0) is 68.0 Å². The van der Waals surface area contributed by atoms with E-state index in [0.29, 0.717) is 11.7 Å². The first-order valence-corrected chi connectivity index (χ1v) is 8.52. The fourth-order valence-corrected chi connectivity index (χ4v) is 2.32. The van der Waals surface area contributed by atoms with Gasteiger partial charge in [-0.1, -0.05) is 12.1 Å². The molecule has 5 nitrogen and oxygen atoms in total. The van der Waals surface area contributed by atoms with E-state index in [2.05, 4.69) is 32.9 Å². The van der Waals surface area contributed by atoms with Gasteiger partial charge < -0.3 is 15.0 Å². The van der Waals surface area contributed by atoms with Crippen molar-refractivity contribution in [1.29, 1.82) is 0 Å². The monoisotopic (exact) mass is 356 g/mol. The summed E-state index contributed by atoms with van der Waals surface area (Å²) in [5, 5.41) is 7.87. The van der Waals surface area contributed by atoms with E-state index in [4.69, 9.17) is 17.0 Å². The summed E-state index contributed by atoms with van der Waals surface area (Å²) in [6.45, 7) is 4.55. The van der Waals surface area contributed by atoms with Gasteiger partial charge in [-0.15, -0.1) is 0 Å². The molecule has 2 aromatic rings. The first-order chi connectivity index (χ1) is 12.0. The standard InChI is InChI=1S/C19H24N4OS/c1-5-24-18-12-8-16(9-13-18)20-19(25)22-21-14(2)15-6-10-17(11-7-15)23(3)4/h6-13H,5H2,1-4H3,(H2,20,22,25)/b21-14-. The zero-order valence-corrected chi connectivity index (χ0v) is 15.9. The quantitative estimate of drug-likeness (QED) is 0.468. The lowest BCUT2D eigenvalue weighted by atomic mass is 10.1. The van der Waals surface area contributed by atoms with Crippen LogP contribution in [0.2, 0.25) is 0 Å². The summed E-state index contributed by atoms with van der Waals surface area (Å²) in [7, 11) is 4.03. The lowest BCUT2D eigenvalue weighted by Gasteiger charge is -2.13. The van der Waals surface area contributed by atoms with Crippen LogP contribution in [-0.2, 0) is 0 Å². The van der Waals surface area contributed by atoms with Crippen LogP contribution < -0.4 is 20.4 Å². The van der Waals surface area contributed by atoms with Crippen molar-refractivity contribution in [2.24, 2.45) is 5.10 Å². The van der Waals surface area contributed by atoms with E-state index in [-0.39, 0.29) is 0 Å². The van der Waals surface area contributed by atoms with Crippen molar-refractivity contribution in [3.05, 3.63) is 54.1 Å². The number of rotatable bonds is 6. The summed E-state index contributed by atoms with van der Waals surface area (Å²) in [6.07, 6.45) is 0. The Balaban J connectivity index is 1.92. The molecule has 0 unspecified atom stereocenters. The summed E-state index contributed by atoms with van der Waals surface area (Å²) in [5.41, 5.74) is 6.81. The van der Waals surface area contributed by atoms with E-state index in [9.17, 15) is 0 Å². The number of thiocarbonyl (C=S) groups is 1. The molecule has 2 rings (SSSR count). The van der Waals surface area contributed by atoms with Crippen LogP contribution in [0.3, 0.4) is 0 Å². The lowest BCUT2D eigenvalue weighted by Crippen LogP contribution is -2.24. The second-order valence-electron chi connectivity index (χ2n) is 5.66. The highest BCUT2D eigenvalue weighted by molar-refractivity contribution is 7.80. The molecule has 0 saturated heterocycles. The highest BCUT2D eigenvalue weighted by Gasteiger charge is 2.01. The van der Waals surface area contributed by atoms with Crippen LogP contribution in [0, 0.1) is 0 Å². The molecule has 25 heavy (non-hydrogen) atoms. The summed E-state index contributed by atoms with van der Waals surface area (Å²) >= 11 is 5.28. The third-order valence-corrected chi connectivity index (χ3v) is 3.74. The van der Waals surface area contributed by atoms with Gasteiger partial charge in [-0.2, -0.15) is 5.10 Å². The molecule has 6 heteroatoms. The Morgan fingerprint density at radius 3 is 2.28 bits per heavy atom. The largest absolute Gasteiger partial charge is 0.494 e. The predicted molar refractivity (Wildman–Crippen MR) is 110 cm³/mol. The second kappa shape index (κ2) is 9.03. The average molecular weight is 356 g/mol.